The number of rotatable bonds is 3. The number of hydrogen-bond donors (Lipinski definition) is 3. The molecule has 1 aliphatic heterocycles. The molecule has 8 heteroatoms. The number of aliphatic hydroxyl groups excluding tert-OH is 1. The van der Waals surface area contributed by atoms with Gasteiger partial charge in [0.15, 0.2) is 5.43 Å². The number of quaternary nitrogens is 1. The normalized spacial score (nSPS) is 24.3. The van der Waals surface area contributed by atoms with Crippen LogP contribution < -0.4 is 5.43 Å². The topological polar surface area (TPSA) is 114 Å². The minimum absolute atomic E-state index is 0.00438. The van der Waals surface area contributed by atoms with Gasteiger partial charge in [-0.1, -0.05) is 23.7 Å². The monoisotopic (exact) mass is 417 g/mol. The molecule has 7 nitrogen and oxygen atoms in total. The predicted octanol–water partition coefficient (Wildman–Crippen LogP) is 3.32. The molecular formula is C21H20ClNO6. The summed E-state index contributed by atoms with van der Waals surface area (Å²) in [6.45, 7) is -0.146. The fourth-order valence-corrected chi connectivity index (χ4v) is 4.47. The highest BCUT2D eigenvalue weighted by molar-refractivity contribution is 6.33. The third-order valence-corrected chi connectivity index (χ3v) is 6.07. The van der Waals surface area contributed by atoms with E-state index >= 15 is 0 Å². The molecule has 29 heavy (non-hydrogen) atoms. The number of aliphatic hydroxyl groups is 1. The van der Waals surface area contributed by atoms with Gasteiger partial charge in [-0.3, -0.25) is 4.79 Å². The molecule has 0 saturated carbocycles. The Labute approximate surface area is 171 Å². The summed E-state index contributed by atoms with van der Waals surface area (Å²) in [7, 11) is 1.46. The van der Waals surface area contributed by atoms with Crippen molar-refractivity contribution in [2.75, 3.05) is 20.2 Å². The molecule has 2 aromatic carbocycles. The van der Waals surface area contributed by atoms with Crippen LogP contribution in [0.3, 0.4) is 0 Å². The van der Waals surface area contributed by atoms with Crippen LogP contribution in [-0.4, -0.2) is 46.2 Å². The van der Waals surface area contributed by atoms with Crippen LogP contribution in [0.1, 0.15) is 17.9 Å². The SMILES string of the molecule is C[N@+]1([O-])CCC(c2c(O)cc(O)c3c(=O)cc(-c4ccccc4Cl)oc23)[C@H]1CO. The van der Waals surface area contributed by atoms with E-state index in [-0.39, 0.29) is 41.2 Å². The molecule has 152 valence electrons. The first kappa shape index (κ1) is 19.7. The second-order valence-corrected chi connectivity index (χ2v) is 7.94. The molecule has 0 bridgehead atoms. The fraction of sp³-hybridized carbons (Fsp3) is 0.286. The highest BCUT2D eigenvalue weighted by Gasteiger charge is 2.43. The van der Waals surface area contributed by atoms with E-state index in [1.54, 1.807) is 24.3 Å². The first-order valence-electron chi connectivity index (χ1n) is 9.19. The van der Waals surface area contributed by atoms with Crippen molar-refractivity contribution in [1.82, 2.24) is 0 Å². The lowest BCUT2D eigenvalue weighted by Crippen LogP contribution is -2.46. The van der Waals surface area contributed by atoms with E-state index < -0.39 is 27.8 Å². The molecule has 0 radical (unpaired) electrons. The van der Waals surface area contributed by atoms with E-state index in [9.17, 15) is 25.3 Å². The standard InChI is InChI=1S/C21H20ClNO6/c1-23(28)7-6-12(14(23)10-24)19-15(25)8-16(26)20-17(27)9-18(29-21(19)20)11-4-2-3-5-13(11)22/h2-5,8-9,12,14,24-26H,6-7,10H2,1H3/t12?,14-,23+/m1/s1. The minimum Gasteiger partial charge on any atom is -0.633 e. The first-order chi connectivity index (χ1) is 13.7. The number of aromatic hydroxyl groups is 2. The molecule has 1 aromatic heterocycles. The minimum atomic E-state index is -0.733. The van der Waals surface area contributed by atoms with Crippen molar-refractivity contribution in [1.29, 1.82) is 0 Å². The smallest absolute Gasteiger partial charge is 0.197 e. The number of benzene rings is 2. The lowest BCUT2D eigenvalue weighted by Gasteiger charge is -2.40. The van der Waals surface area contributed by atoms with Crippen molar-refractivity contribution >= 4 is 22.6 Å². The molecule has 1 aliphatic rings. The predicted molar refractivity (Wildman–Crippen MR) is 109 cm³/mol. The maximum absolute atomic E-state index is 12.8. The lowest BCUT2D eigenvalue weighted by molar-refractivity contribution is -0.874. The lowest BCUT2D eigenvalue weighted by atomic mass is 9.89. The van der Waals surface area contributed by atoms with Crippen LogP contribution in [0.5, 0.6) is 11.5 Å². The molecule has 0 aliphatic carbocycles. The highest BCUT2D eigenvalue weighted by Crippen LogP contribution is 2.46. The average Bonchev–Trinajstić information content (AvgIpc) is 2.95. The number of hydrogen-bond acceptors (Lipinski definition) is 6. The van der Waals surface area contributed by atoms with Gasteiger partial charge in [0.05, 0.1) is 31.1 Å². The molecule has 2 heterocycles. The van der Waals surface area contributed by atoms with Gasteiger partial charge < -0.3 is 29.6 Å². The summed E-state index contributed by atoms with van der Waals surface area (Å²) in [4.78, 5) is 12.8. The van der Waals surface area contributed by atoms with Crippen LogP contribution in [-0.2, 0) is 0 Å². The molecule has 0 spiro atoms. The summed E-state index contributed by atoms with van der Waals surface area (Å²) < 4.78 is 5.31. The van der Waals surface area contributed by atoms with Crippen molar-refractivity contribution in [2.45, 2.75) is 18.4 Å². The number of phenolic OH excluding ortho intramolecular Hbond substituents is 2. The van der Waals surface area contributed by atoms with E-state index in [1.807, 2.05) is 0 Å². The Kier molecular flexibility index (Phi) is 4.78. The maximum atomic E-state index is 12.8. The zero-order valence-corrected chi connectivity index (χ0v) is 16.4. The summed E-state index contributed by atoms with van der Waals surface area (Å²) in [6.07, 6.45) is 0.388. The molecule has 3 aromatic rings. The number of likely N-dealkylation sites (tertiary alicyclic amines) is 1. The van der Waals surface area contributed by atoms with Crippen molar-refractivity contribution < 1.29 is 24.4 Å². The molecule has 1 fully saturated rings. The van der Waals surface area contributed by atoms with Gasteiger partial charge in [-0.25, -0.2) is 0 Å². The number of hydroxylamine groups is 3. The van der Waals surface area contributed by atoms with E-state index in [4.69, 9.17) is 16.0 Å². The van der Waals surface area contributed by atoms with Gasteiger partial charge in [0.2, 0.25) is 0 Å². The van der Waals surface area contributed by atoms with Crippen LogP contribution in [0.25, 0.3) is 22.3 Å². The van der Waals surface area contributed by atoms with Crippen molar-refractivity contribution in [2.24, 2.45) is 0 Å². The van der Waals surface area contributed by atoms with E-state index in [0.717, 1.165) is 6.07 Å². The van der Waals surface area contributed by atoms with Gasteiger partial charge >= 0.3 is 0 Å². The van der Waals surface area contributed by atoms with Crippen LogP contribution >= 0.6 is 11.6 Å². The van der Waals surface area contributed by atoms with Crippen molar-refractivity contribution in [3.8, 4) is 22.8 Å². The molecule has 3 atom stereocenters. The van der Waals surface area contributed by atoms with Gasteiger partial charge in [-0.2, -0.15) is 0 Å². The molecule has 4 rings (SSSR count). The maximum Gasteiger partial charge on any atom is 0.197 e. The Bertz CT molecular complexity index is 1160. The molecule has 1 saturated heterocycles. The van der Waals surface area contributed by atoms with Gasteiger partial charge in [0, 0.05) is 29.7 Å². The van der Waals surface area contributed by atoms with Crippen LogP contribution in [0.2, 0.25) is 5.02 Å². The third-order valence-electron chi connectivity index (χ3n) is 5.75. The zero-order valence-electron chi connectivity index (χ0n) is 15.6. The first-order valence-corrected chi connectivity index (χ1v) is 9.57. The van der Waals surface area contributed by atoms with Gasteiger partial charge in [0.1, 0.15) is 34.3 Å². The second-order valence-electron chi connectivity index (χ2n) is 7.53. The van der Waals surface area contributed by atoms with Crippen LogP contribution in [0, 0.1) is 5.21 Å². The van der Waals surface area contributed by atoms with Gasteiger partial charge in [-0.05, 0) is 12.1 Å². The van der Waals surface area contributed by atoms with Gasteiger partial charge in [-0.15, -0.1) is 0 Å². The number of nitrogens with zero attached hydrogens (tertiary/aromatic N) is 1. The Morgan fingerprint density at radius 2 is 1.97 bits per heavy atom. The Morgan fingerprint density at radius 3 is 2.66 bits per heavy atom. The number of fused-ring (bicyclic) bond motifs is 1. The molecular weight excluding hydrogens is 398 g/mol. The summed E-state index contributed by atoms with van der Waals surface area (Å²) in [5.41, 5.74) is 0.213. The molecule has 1 unspecified atom stereocenters. The Morgan fingerprint density at radius 1 is 1.24 bits per heavy atom. The Balaban J connectivity index is 2.03. The van der Waals surface area contributed by atoms with E-state index in [1.165, 1.54) is 13.1 Å². The number of halogens is 1. The molecule has 3 N–H and O–H groups in total. The van der Waals surface area contributed by atoms with E-state index in [2.05, 4.69) is 0 Å². The summed E-state index contributed by atoms with van der Waals surface area (Å²) in [6, 6.07) is 8.40. The highest BCUT2D eigenvalue weighted by atomic mass is 35.5. The van der Waals surface area contributed by atoms with Crippen LogP contribution in [0.15, 0.2) is 45.6 Å². The Hall–Kier alpha value is -2.58. The number of phenols is 2. The zero-order chi connectivity index (χ0) is 20.9. The summed E-state index contributed by atoms with van der Waals surface area (Å²) >= 11 is 6.24. The average molecular weight is 418 g/mol. The quantitative estimate of drug-likeness (QED) is 0.445. The summed E-state index contributed by atoms with van der Waals surface area (Å²) in [5, 5.41) is 43.7. The van der Waals surface area contributed by atoms with Crippen molar-refractivity contribution in [3.63, 3.8) is 0 Å². The van der Waals surface area contributed by atoms with Crippen LogP contribution in [0.4, 0.5) is 0 Å². The largest absolute Gasteiger partial charge is 0.633 e. The van der Waals surface area contributed by atoms with Gasteiger partial charge in [0.25, 0.3) is 0 Å². The fourth-order valence-electron chi connectivity index (χ4n) is 4.24. The second kappa shape index (κ2) is 7.03. The summed E-state index contributed by atoms with van der Waals surface area (Å²) in [5.74, 6) is -1.08. The molecule has 0 amide bonds. The van der Waals surface area contributed by atoms with E-state index in [0.29, 0.717) is 17.0 Å². The van der Waals surface area contributed by atoms with Crippen molar-refractivity contribution in [3.05, 3.63) is 62.4 Å². The number of likely N-dealkylation sites (N-methyl/N-ethyl adjacent to an activating group) is 1. The third kappa shape index (κ3) is 3.16.